The van der Waals surface area contributed by atoms with Gasteiger partial charge in [0.25, 0.3) is 5.91 Å². The first-order chi connectivity index (χ1) is 6.81. The van der Waals surface area contributed by atoms with Crippen LogP contribution >= 0.6 is 0 Å². The third kappa shape index (κ3) is 1.36. The number of hydrogen-bond donors (Lipinski definition) is 3. The summed E-state index contributed by atoms with van der Waals surface area (Å²) in [6.07, 6.45) is 0. The second kappa shape index (κ2) is 3.37. The number of likely N-dealkylation sites (N-methyl/N-ethyl adjacent to an activating group) is 1. The smallest absolute Gasteiger partial charge is 0.318 e. The maximum Gasteiger partial charge on any atom is 0.318 e. The van der Waals surface area contributed by atoms with Crippen LogP contribution in [0.25, 0.3) is 0 Å². The van der Waals surface area contributed by atoms with E-state index in [9.17, 15) is 9.59 Å². The van der Waals surface area contributed by atoms with Crippen molar-refractivity contribution in [2.45, 2.75) is 38.8 Å². The van der Waals surface area contributed by atoms with Crippen LogP contribution < -0.4 is 10.8 Å². The number of carbonyl (C=O) groups is 2. The van der Waals surface area contributed by atoms with E-state index in [1.165, 1.54) is 0 Å². The number of carbonyl (C=O) groups excluding carboxylic acids is 2. The van der Waals surface area contributed by atoms with Crippen LogP contribution in [-0.2, 0) is 4.79 Å². The Hall–Kier alpha value is -1.30. The molecule has 0 spiro atoms. The van der Waals surface area contributed by atoms with Gasteiger partial charge in [-0.2, -0.15) is 0 Å². The molecule has 6 heteroatoms. The van der Waals surface area contributed by atoms with E-state index in [0.29, 0.717) is 6.54 Å². The first-order valence-corrected chi connectivity index (χ1v) is 4.85. The van der Waals surface area contributed by atoms with E-state index in [0.717, 1.165) is 0 Å². The van der Waals surface area contributed by atoms with Crippen LogP contribution in [0.3, 0.4) is 0 Å². The zero-order valence-corrected chi connectivity index (χ0v) is 9.42. The fourth-order valence-corrected chi connectivity index (χ4v) is 1.94. The Kier molecular flexibility index (Phi) is 2.65. The molecular weight excluding hydrogens is 198 g/mol. The van der Waals surface area contributed by atoms with Crippen LogP contribution in [0.2, 0.25) is 0 Å². The van der Waals surface area contributed by atoms with Gasteiger partial charge in [0, 0.05) is 6.54 Å². The third-order valence-electron chi connectivity index (χ3n) is 3.37. The van der Waals surface area contributed by atoms with Gasteiger partial charge in [0.15, 0.2) is 0 Å². The Labute approximate surface area is 88.6 Å². The lowest BCUT2D eigenvalue weighted by Crippen LogP contribution is -2.63. The van der Waals surface area contributed by atoms with Crippen LogP contribution in [0.5, 0.6) is 0 Å². The molecule has 6 nitrogen and oxygen atoms in total. The van der Waals surface area contributed by atoms with Gasteiger partial charge in [-0.1, -0.05) is 0 Å². The number of amides is 3. The molecule has 3 N–H and O–H groups in total. The maximum atomic E-state index is 11.6. The highest BCUT2D eigenvalue weighted by molar-refractivity contribution is 5.95. The second-order valence-corrected chi connectivity index (χ2v) is 4.30. The summed E-state index contributed by atoms with van der Waals surface area (Å²) in [4.78, 5) is 24.7. The zero-order valence-electron chi connectivity index (χ0n) is 9.42. The molecule has 0 aromatic heterocycles. The zero-order chi connectivity index (χ0) is 11.9. The number of urea groups is 1. The molecule has 1 rings (SSSR count). The van der Waals surface area contributed by atoms with Crippen molar-refractivity contribution in [1.29, 1.82) is 0 Å². The lowest BCUT2D eigenvalue weighted by Gasteiger charge is -2.38. The molecule has 0 bridgehead atoms. The fourth-order valence-electron chi connectivity index (χ4n) is 1.94. The average molecular weight is 215 g/mol. The molecule has 0 aromatic rings. The molecule has 1 aliphatic rings. The summed E-state index contributed by atoms with van der Waals surface area (Å²) in [5.74, 6) is -0.614. The largest absolute Gasteiger partial charge is 0.321 e. The van der Waals surface area contributed by atoms with Gasteiger partial charge >= 0.3 is 6.03 Å². The summed E-state index contributed by atoms with van der Waals surface area (Å²) in [5.41, 5.74) is -0.231. The van der Waals surface area contributed by atoms with Crippen molar-refractivity contribution in [2.75, 3.05) is 6.54 Å². The molecular formula is C9H17N3O3. The molecule has 0 radical (unpaired) electrons. The van der Waals surface area contributed by atoms with Gasteiger partial charge in [0.2, 0.25) is 0 Å². The van der Waals surface area contributed by atoms with Crippen LogP contribution in [0.1, 0.15) is 27.7 Å². The normalized spacial score (nSPS) is 28.9. The average Bonchev–Trinajstić information content (AvgIpc) is 2.33. The molecule has 1 fully saturated rings. The Morgan fingerprint density at radius 2 is 2.07 bits per heavy atom. The number of nitrogens with zero attached hydrogens (tertiary/aromatic N) is 1. The van der Waals surface area contributed by atoms with Gasteiger partial charge in [-0.05, 0) is 27.7 Å². The third-order valence-corrected chi connectivity index (χ3v) is 3.37. The number of nitrogens with one attached hydrogen (secondary N) is 2. The Balaban J connectivity index is 3.14. The topological polar surface area (TPSA) is 81.7 Å². The first kappa shape index (κ1) is 11.8. The van der Waals surface area contributed by atoms with Crippen LogP contribution in [0, 0.1) is 0 Å². The molecule has 3 amide bonds. The van der Waals surface area contributed by atoms with E-state index in [1.54, 1.807) is 31.2 Å². The lowest BCUT2D eigenvalue weighted by atomic mass is 9.81. The van der Waals surface area contributed by atoms with E-state index in [2.05, 4.69) is 5.32 Å². The van der Waals surface area contributed by atoms with E-state index in [4.69, 9.17) is 5.21 Å². The van der Waals surface area contributed by atoms with E-state index >= 15 is 0 Å². The van der Waals surface area contributed by atoms with E-state index in [-0.39, 0.29) is 6.03 Å². The van der Waals surface area contributed by atoms with Crippen molar-refractivity contribution in [2.24, 2.45) is 0 Å². The van der Waals surface area contributed by atoms with Gasteiger partial charge in [-0.25, -0.2) is 10.3 Å². The SMILES string of the molecule is CCN1C(=O)NC(C)(C(=O)NO)C1(C)C. The number of rotatable bonds is 2. The minimum atomic E-state index is -1.13. The van der Waals surface area contributed by atoms with Gasteiger partial charge < -0.3 is 10.2 Å². The summed E-state index contributed by atoms with van der Waals surface area (Å²) in [7, 11) is 0. The quantitative estimate of drug-likeness (QED) is 0.450. The Morgan fingerprint density at radius 3 is 2.40 bits per heavy atom. The van der Waals surface area contributed by atoms with Crippen LogP contribution in [0.15, 0.2) is 0 Å². The number of hydroxylamine groups is 1. The Bertz CT molecular complexity index is 303. The standard InChI is InChI=1S/C9H17N3O3/c1-5-12-7(14)10-9(4,6(13)11-15)8(12,2)3/h15H,5H2,1-4H3,(H,10,14)(H,11,13). The maximum absolute atomic E-state index is 11.6. The number of hydrogen-bond acceptors (Lipinski definition) is 3. The van der Waals surface area contributed by atoms with Crippen LogP contribution in [-0.4, -0.2) is 39.7 Å². The van der Waals surface area contributed by atoms with Crippen molar-refractivity contribution in [3.63, 3.8) is 0 Å². The molecule has 0 aliphatic carbocycles. The van der Waals surface area contributed by atoms with E-state index in [1.807, 2.05) is 6.92 Å². The van der Waals surface area contributed by atoms with Gasteiger partial charge in [0.05, 0.1) is 5.54 Å². The predicted octanol–water partition coefficient (Wildman–Crippen LogP) is 0.0742. The minimum absolute atomic E-state index is 0.298. The summed E-state index contributed by atoms with van der Waals surface area (Å²) in [6, 6.07) is -0.298. The van der Waals surface area contributed by atoms with Crippen molar-refractivity contribution < 1.29 is 14.8 Å². The lowest BCUT2D eigenvalue weighted by molar-refractivity contribution is -0.137. The highest BCUT2D eigenvalue weighted by Gasteiger charge is 2.58. The second-order valence-electron chi connectivity index (χ2n) is 4.30. The minimum Gasteiger partial charge on any atom is -0.321 e. The Morgan fingerprint density at radius 1 is 1.53 bits per heavy atom. The summed E-state index contributed by atoms with van der Waals surface area (Å²) in [6.45, 7) is 7.50. The van der Waals surface area contributed by atoms with Crippen molar-refractivity contribution in [3.8, 4) is 0 Å². The molecule has 0 aromatic carbocycles. The van der Waals surface area contributed by atoms with Crippen molar-refractivity contribution >= 4 is 11.9 Å². The highest BCUT2D eigenvalue weighted by Crippen LogP contribution is 2.34. The molecule has 1 heterocycles. The first-order valence-electron chi connectivity index (χ1n) is 4.85. The molecule has 1 atom stereocenters. The molecule has 15 heavy (non-hydrogen) atoms. The summed E-state index contributed by atoms with van der Waals surface area (Å²) in [5, 5.41) is 11.3. The highest BCUT2D eigenvalue weighted by atomic mass is 16.5. The van der Waals surface area contributed by atoms with Gasteiger partial charge in [0.1, 0.15) is 5.54 Å². The van der Waals surface area contributed by atoms with Crippen molar-refractivity contribution in [3.05, 3.63) is 0 Å². The summed E-state index contributed by atoms with van der Waals surface area (Å²) >= 11 is 0. The fraction of sp³-hybridized carbons (Fsp3) is 0.778. The molecule has 86 valence electrons. The monoisotopic (exact) mass is 215 g/mol. The molecule has 0 saturated carbocycles. The van der Waals surface area contributed by atoms with Crippen molar-refractivity contribution in [1.82, 2.24) is 15.7 Å². The predicted molar refractivity (Wildman–Crippen MR) is 53.3 cm³/mol. The summed E-state index contributed by atoms with van der Waals surface area (Å²) < 4.78 is 0. The van der Waals surface area contributed by atoms with E-state index < -0.39 is 17.0 Å². The van der Waals surface area contributed by atoms with Gasteiger partial charge in [-0.3, -0.25) is 10.0 Å². The van der Waals surface area contributed by atoms with Gasteiger partial charge in [-0.15, -0.1) is 0 Å². The molecule has 1 unspecified atom stereocenters. The van der Waals surface area contributed by atoms with Crippen LogP contribution in [0.4, 0.5) is 4.79 Å². The molecule has 1 saturated heterocycles. The molecule has 1 aliphatic heterocycles.